The van der Waals surface area contributed by atoms with Crippen molar-refractivity contribution in [2.45, 2.75) is 9.79 Å². The Morgan fingerprint density at radius 1 is 1.10 bits per heavy atom. The van der Waals surface area contributed by atoms with Crippen LogP contribution in [0.3, 0.4) is 0 Å². The first-order chi connectivity index (χ1) is 9.66. The zero-order valence-corrected chi connectivity index (χ0v) is 13.9. The monoisotopic (exact) mass is 391 g/mol. The molecule has 2 aromatic rings. The van der Waals surface area contributed by atoms with Gasteiger partial charge in [0.15, 0.2) is 16.1 Å². The highest BCUT2D eigenvalue weighted by atomic mass is 79.9. The van der Waals surface area contributed by atoms with Gasteiger partial charge < -0.3 is 0 Å². The molecule has 0 saturated heterocycles. The summed E-state index contributed by atoms with van der Waals surface area (Å²) in [5.41, 5.74) is 0.185. The van der Waals surface area contributed by atoms with Crippen LogP contribution in [-0.2, 0) is 19.9 Å². The minimum atomic E-state index is -4.00. The van der Waals surface area contributed by atoms with E-state index in [-0.39, 0.29) is 20.0 Å². The number of hydrogen-bond acceptors (Lipinski definition) is 5. The maximum Gasteiger partial charge on any atom is 0.268 e. The van der Waals surface area contributed by atoms with Crippen molar-refractivity contribution in [2.75, 3.05) is 6.26 Å². The van der Waals surface area contributed by atoms with Crippen molar-refractivity contribution in [1.82, 2.24) is 3.97 Å². The third-order valence-corrected chi connectivity index (χ3v) is 6.31. The Morgan fingerprint density at radius 3 is 2.24 bits per heavy atom. The van der Waals surface area contributed by atoms with E-state index in [1.807, 2.05) is 0 Å². The first-order valence-corrected chi connectivity index (χ1v) is 9.67. The van der Waals surface area contributed by atoms with Gasteiger partial charge >= 0.3 is 0 Å². The van der Waals surface area contributed by atoms with Crippen molar-refractivity contribution in [2.24, 2.45) is 0 Å². The first-order valence-electron chi connectivity index (χ1n) is 5.55. The number of benzene rings is 1. The Hall–Kier alpha value is -1.45. The topological polar surface area (TPSA) is 90.3 Å². The predicted octanol–water partition coefficient (Wildman–Crippen LogP) is 1.70. The lowest BCUT2D eigenvalue weighted by Gasteiger charge is -2.08. The number of nitrogens with zero attached hydrogens (tertiary/aromatic N) is 1. The maximum atomic E-state index is 12.5. The van der Waals surface area contributed by atoms with Gasteiger partial charge in [0.2, 0.25) is 0 Å². The SMILES string of the molecule is CS(=O)(=O)c1cccc(S(=O)(=O)n2cc(C=O)cc2Br)c1. The van der Waals surface area contributed by atoms with Gasteiger partial charge in [-0.25, -0.2) is 20.8 Å². The number of rotatable bonds is 4. The minimum absolute atomic E-state index is 0.0949. The predicted molar refractivity (Wildman–Crippen MR) is 79.7 cm³/mol. The number of halogens is 1. The van der Waals surface area contributed by atoms with E-state index in [1.165, 1.54) is 24.3 Å². The van der Waals surface area contributed by atoms with Crippen LogP contribution in [0, 0.1) is 0 Å². The molecular weight excluding hydrogens is 382 g/mol. The van der Waals surface area contributed by atoms with Crippen LogP contribution in [0.4, 0.5) is 0 Å². The van der Waals surface area contributed by atoms with Crippen molar-refractivity contribution < 1.29 is 21.6 Å². The van der Waals surface area contributed by atoms with Crippen LogP contribution < -0.4 is 0 Å². The van der Waals surface area contributed by atoms with Gasteiger partial charge in [-0.1, -0.05) is 6.07 Å². The van der Waals surface area contributed by atoms with Crippen LogP contribution >= 0.6 is 15.9 Å². The van der Waals surface area contributed by atoms with Gasteiger partial charge in [0, 0.05) is 18.0 Å². The van der Waals surface area contributed by atoms with Crippen molar-refractivity contribution >= 4 is 42.1 Å². The molecular formula is C12H10BrNO5S2. The fraction of sp³-hybridized carbons (Fsp3) is 0.0833. The Morgan fingerprint density at radius 2 is 1.71 bits per heavy atom. The molecule has 0 unspecified atom stereocenters. The van der Waals surface area contributed by atoms with Crippen molar-refractivity contribution in [1.29, 1.82) is 0 Å². The molecule has 1 heterocycles. The van der Waals surface area contributed by atoms with Crippen LogP contribution in [0.5, 0.6) is 0 Å². The standard InChI is InChI=1S/C12H10BrNO5S2/c1-20(16,17)10-3-2-4-11(6-10)21(18,19)14-7-9(8-15)5-12(14)13/h2-8H,1H3. The summed E-state index contributed by atoms with van der Waals surface area (Å²) in [6, 6.07) is 6.39. The van der Waals surface area contributed by atoms with Gasteiger partial charge in [0.05, 0.1) is 9.79 Å². The van der Waals surface area contributed by atoms with Crippen molar-refractivity contribution in [3.8, 4) is 0 Å². The van der Waals surface area contributed by atoms with E-state index in [1.54, 1.807) is 0 Å². The second kappa shape index (κ2) is 5.39. The van der Waals surface area contributed by atoms with E-state index in [9.17, 15) is 21.6 Å². The average molecular weight is 392 g/mol. The lowest BCUT2D eigenvalue weighted by molar-refractivity contribution is 0.112. The molecule has 112 valence electrons. The lowest BCUT2D eigenvalue weighted by Crippen LogP contribution is -2.13. The molecule has 9 heteroatoms. The molecule has 0 N–H and O–H groups in total. The van der Waals surface area contributed by atoms with Gasteiger partial charge in [-0.2, -0.15) is 0 Å². The molecule has 0 fully saturated rings. The van der Waals surface area contributed by atoms with Crippen LogP contribution in [0.25, 0.3) is 0 Å². The fourth-order valence-electron chi connectivity index (χ4n) is 1.66. The molecule has 0 aliphatic rings. The van der Waals surface area contributed by atoms with Crippen LogP contribution in [0.1, 0.15) is 10.4 Å². The lowest BCUT2D eigenvalue weighted by atomic mass is 10.4. The van der Waals surface area contributed by atoms with Gasteiger partial charge in [0.1, 0.15) is 4.60 Å². The molecule has 2 rings (SSSR count). The van der Waals surface area contributed by atoms with Gasteiger partial charge in [-0.3, -0.25) is 4.79 Å². The second-order valence-electron chi connectivity index (χ2n) is 4.26. The van der Waals surface area contributed by atoms with Crippen LogP contribution in [0.2, 0.25) is 0 Å². The molecule has 0 amide bonds. The van der Waals surface area contributed by atoms with E-state index < -0.39 is 19.9 Å². The number of carbonyl (C=O) groups is 1. The summed E-state index contributed by atoms with van der Waals surface area (Å²) in [5, 5.41) is 0. The fourth-order valence-corrected chi connectivity index (χ4v) is 4.64. The summed E-state index contributed by atoms with van der Waals surface area (Å²) in [6.45, 7) is 0. The number of aromatic nitrogens is 1. The molecule has 6 nitrogen and oxygen atoms in total. The molecule has 0 aliphatic heterocycles. The summed E-state index contributed by atoms with van der Waals surface area (Å²) >= 11 is 3.06. The second-order valence-corrected chi connectivity index (χ2v) is 8.91. The summed E-state index contributed by atoms with van der Waals surface area (Å²) in [4.78, 5) is 10.4. The van der Waals surface area contributed by atoms with E-state index in [4.69, 9.17) is 0 Å². The molecule has 1 aromatic heterocycles. The smallest absolute Gasteiger partial charge is 0.268 e. The van der Waals surface area contributed by atoms with Gasteiger partial charge in [-0.05, 0) is 40.2 Å². The Labute approximate surface area is 130 Å². The number of carbonyl (C=O) groups excluding carboxylic acids is 1. The molecule has 21 heavy (non-hydrogen) atoms. The van der Waals surface area contributed by atoms with Gasteiger partial charge in [0.25, 0.3) is 10.0 Å². The summed E-state index contributed by atoms with van der Waals surface area (Å²) in [7, 11) is -7.51. The van der Waals surface area contributed by atoms with E-state index in [0.29, 0.717) is 6.29 Å². The average Bonchev–Trinajstić information content (AvgIpc) is 2.80. The zero-order chi connectivity index (χ0) is 15.8. The Kier molecular flexibility index (Phi) is 4.09. The molecule has 0 radical (unpaired) electrons. The Balaban J connectivity index is 2.64. The number of aldehydes is 1. The highest BCUT2D eigenvalue weighted by Crippen LogP contribution is 2.23. The third-order valence-electron chi connectivity index (χ3n) is 2.69. The van der Waals surface area contributed by atoms with E-state index >= 15 is 0 Å². The quantitative estimate of drug-likeness (QED) is 0.739. The highest BCUT2D eigenvalue weighted by molar-refractivity contribution is 9.10. The third kappa shape index (κ3) is 3.09. The first kappa shape index (κ1) is 15.9. The minimum Gasteiger partial charge on any atom is -0.298 e. The van der Waals surface area contributed by atoms with Crippen molar-refractivity contribution in [3.05, 3.63) is 46.7 Å². The molecule has 1 aromatic carbocycles. The number of hydrogen-bond donors (Lipinski definition) is 0. The molecule has 0 atom stereocenters. The van der Waals surface area contributed by atoms with Crippen LogP contribution in [-0.4, -0.2) is 33.3 Å². The summed E-state index contributed by atoms with van der Waals surface area (Å²) < 4.78 is 49.0. The summed E-state index contributed by atoms with van der Waals surface area (Å²) in [5.74, 6) is 0. The van der Waals surface area contributed by atoms with E-state index in [2.05, 4.69) is 15.9 Å². The number of sulfone groups is 1. The molecule has 0 saturated carbocycles. The normalized spacial score (nSPS) is 12.3. The molecule has 0 bridgehead atoms. The van der Waals surface area contributed by atoms with E-state index in [0.717, 1.165) is 22.5 Å². The maximum absolute atomic E-state index is 12.5. The largest absolute Gasteiger partial charge is 0.298 e. The Bertz CT molecular complexity index is 913. The van der Waals surface area contributed by atoms with Crippen LogP contribution in [0.15, 0.2) is 50.9 Å². The zero-order valence-electron chi connectivity index (χ0n) is 10.7. The molecule has 0 aliphatic carbocycles. The molecule has 0 spiro atoms. The van der Waals surface area contributed by atoms with Gasteiger partial charge in [-0.15, -0.1) is 0 Å². The summed E-state index contributed by atoms with van der Waals surface area (Å²) in [6.07, 6.45) is 2.66. The van der Waals surface area contributed by atoms with Crippen molar-refractivity contribution in [3.63, 3.8) is 0 Å². The highest BCUT2D eigenvalue weighted by Gasteiger charge is 2.21.